The lowest BCUT2D eigenvalue weighted by Gasteiger charge is -2.15. The van der Waals surface area contributed by atoms with Gasteiger partial charge in [0, 0.05) is 37.0 Å². The summed E-state index contributed by atoms with van der Waals surface area (Å²) in [7, 11) is 0. The molecule has 0 saturated carbocycles. The highest BCUT2D eigenvalue weighted by Crippen LogP contribution is 2.27. The molecule has 6 nitrogen and oxygen atoms in total. The number of aliphatic hydroxyl groups is 1. The third-order valence-corrected chi connectivity index (χ3v) is 4.79. The van der Waals surface area contributed by atoms with E-state index in [4.69, 9.17) is 4.52 Å². The van der Waals surface area contributed by atoms with Crippen LogP contribution in [-0.4, -0.2) is 45.2 Å². The van der Waals surface area contributed by atoms with Crippen molar-refractivity contribution in [2.45, 2.75) is 12.5 Å². The van der Waals surface area contributed by atoms with Crippen molar-refractivity contribution < 1.29 is 14.4 Å². The normalized spacial score (nSPS) is 19.7. The zero-order valence-electron chi connectivity index (χ0n) is 14.2. The monoisotopic (exact) mass is 349 g/mol. The Morgan fingerprint density at radius 2 is 1.92 bits per heavy atom. The van der Waals surface area contributed by atoms with E-state index >= 15 is 0 Å². The van der Waals surface area contributed by atoms with Crippen LogP contribution < -0.4 is 0 Å². The van der Waals surface area contributed by atoms with Crippen LogP contribution in [0.15, 0.2) is 65.6 Å². The van der Waals surface area contributed by atoms with Gasteiger partial charge in [0.05, 0.1) is 6.10 Å². The number of hydrogen-bond donors (Lipinski definition) is 1. The summed E-state index contributed by atoms with van der Waals surface area (Å²) in [5, 5.41) is 14.4. The van der Waals surface area contributed by atoms with Crippen LogP contribution in [0.25, 0.3) is 11.3 Å². The van der Waals surface area contributed by atoms with Crippen molar-refractivity contribution in [2.24, 2.45) is 5.92 Å². The molecule has 26 heavy (non-hydrogen) atoms. The average molecular weight is 349 g/mol. The van der Waals surface area contributed by atoms with E-state index in [2.05, 4.69) is 10.1 Å². The summed E-state index contributed by atoms with van der Waals surface area (Å²) in [5.74, 6) is -0.164. The fourth-order valence-corrected chi connectivity index (χ4v) is 3.41. The lowest BCUT2D eigenvalue weighted by atomic mass is 9.97. The van der Waals surface area contributed by atoms with Crippen molar-refractivity contribution >= 4 is 5.91 Å². The van der Waals surface area contributed by atoms with Crippen molar-refractivity contribution in [3.05, 3.63) is 72.2 Å². The lowest BCUT2D eigenvalue weighted by molar-refractivity contribution is 0.0764. The van der Waals surface area contributed by atoms with Crippen molar-refractivity contribution in [3.63, 3.8) is 0 Å². The molecular formula is C20H19N3O3. The van der Waals surface area contributed by atoms with E-state index in [-0.39, 0.29) is 11.8 Å². The first-order valence-corrected chi connectivity index (χ1v) is 8.58. The number of hydrogen-bond acceptors (Lipinski definition) is 5. The second-order valence-corrected chi connectivity index (χ2v) is 6.54. The van der Waals surface area contributed by atoms with Crippen LogP contribution in [0.1, 0.15) is 15.9 Å². The van der Waals surface area contributed by atoms with Crippen LogP contribution in [0.3, 0.4) is 0 Å². The summed E-state index contributed by atoms with van der Waals surface area (Å²) in [4.78, 5) is 18.6. The molecule has 0 bridgehead atoms. The SMILES string of the molecule is O=C(c1conc1-c1ccccc1)N1C[C@@H](Cc2ccncc2)[C@H](O)C1. The van der Waals surface area contributed by atoms with E-state index in [1.54, 1.807) is 17.3 Å². The summed E-state index contributed by atoms with van der Waals surface area (Å²) < 4.78 is 5.06. The Balaban J connectivity index is 1.51. The molecule has 3 aromatic rings. The Labute approximate surface area is 151 Å². The molecule has 3 heterocycles. The van der Waals surface area contributed by atoms with Crippen LogP contribution in [0.2, 0.25) is 0 Å². The Morgan fingerprint density at radius 1 is 1.15 bits per heavy atom. The number of aromatic nitrogens is 2. The number of pyridine rings is 1. The molecule has 2 aromatic heterocycles. The molecule has 1 amide bonds. The van der Waals surface area contributed by atoms with Gasteiger partial charge in [-0.05, 0) is 24.1 Å². The second-order valence-electron chi connectivity index (χ2n) is 6.54. The minimum atomic E-state index is -0.549. The molecule has 4 rings (SSSR count). The van der Waals surface area contributed by atoms with Gasteiger partial charge in [-0.25, -0.2) is 0 Å². The first-order chi connectivity index (χ1) is 12.7. The Morgan fingerprint density at radius 3 is 2.69 bits per heavy atom. The van der Waals surface area contributed by atoms with Gasteiger partial charge < -0.3 is 14.5 Å². The number of nitrogens with zero attached hydrogens (tertiary/aromatic N) is 3. The molecule has 0 spiro atoms. The first kappa shape index (κ1) is 16.5. The zero-order valence-corrected chi connectivity index (χ0v) is 14.2. The molecule has 0 radical (unpaired) electrons. The third kappa shape index (κ3) is 3.23. The molecule has 1 aliphatic rings. The predicted octanol–water partition coefficient (Wildman–Crippen LogP) is 2.41. The number of amides is 1. The summed E-state index contributed by atoms with van der Waals surface area (Å²) in [6, 6.07) is 13.3. The molecule has 0 unspecified atom stereocenters. The molecule has 0 aliphatic carbocycles. The Kier molecular flexibility index (Phi) is 4.50. The molecule has 6 heteroatoms. The van der Waals surface area contributed by atoms with Gasteiger partial charge in [-0.1, -0.05) is 35.5 Å². The summed E-state index contributed by atoms with van der Waals surface area (Å²) in [6.07, 6.45) is 5.02. The van der Waals surface area contributed by atoms with Gasteiger partial charge in [0.2, 0.25) is 0 Å². The average Bonchev–Trinajstić information content (AvgIpc) is 3.30. The highest BCUT2D eigenvalue weighted by atomic mass is 16.5. The van der Waals surface area contributed by atoms with E-state index in [1.807, 2.05) is 42.5 Å². The van der Waals surface area contributed by atoms with Gasteiger partial charge in [0.1, 0.15) is 17.5 Å². The number of carbonyl (C=O) groups excluding carboxylic acids is 1. The lowest BCUT2D eigenvalue weighted by Crippen LogP contribution is -2.29. The molecule has 1 aliphatic heterocycles. The molecule has 2 atom stereocenters. The van der Waals surface area contributed by atoms with Crippen molar-refractivity contribution in [1.29, 1.82) is 0 Å². The van der Waals surface area contributed by atoms with Gasteiger partial charge in [-0.3, -0.25) is 9.78 Å². The van der Waals surface area contributed by atoms with Crippen LogP contribution in [0, 0.1) is 5.92 Å². The predicted molar refractivity (Wildman–Crippen MR) is 95.3 cm³/mol. The summed E-state index contributed by atoms with van der Waals surface area (Å²) >= 11 is 0. The molecular weight excluding hydrogens is 330 g/mol. The van der Waals surface area contributed by atoms with E-state index in [9.17, 15) is 9.90 Å². The summed E-state index contributed by atoms with van der Waals surface area (Å²) in [5.41, 5.74) is 2.89. The minimum Gasteiger partial charge on any atom is -0.391 e. The van der Waals surface area contributed by atoms with E-state index in [0.29, 0.717) is 30.8 Å². The standard InChI is InChI=1S/C20H19N3O3/c24-18-12-23(11-16(18)10-14-6-8-21-9-7-14)20(25)17-13-26-22-19(17)15-4-2-1-3-5-15/h1-9,13,16,18,24H,10-12H2/t16-,18-/m1/s1. The van der Waals surface area contributed by atoms with Crippen LogP contribution in [-0.2, 0) is 6.42 Å². The van der Waals surface area contributed by atoms with Gasteiger partial charge in [0.15, 0.2) is 0 Å². The van der Waals surface area contributed by atoms with Gasteiger partial charge in [-0.15, -0.1) is 0 Å². The van der Waals surface area contributed by atoms with E-state index in [1.165, 1.54) is 6.26 Å². The maximum absolute atomic E-state index is 13.0. The van der Waals surface area contributed by atoms with Crippen molar-refractivity contribution in [2.75, 3.05) is 13.1 Å². The maximum Gasteiger partial charge on any atom is 0.259 e. The number of β-amino-alcohol motifs (C(OH)–C–C–N with tert-alkyl or cyclic N) is 1. The molecule has 1 fully saturated rings. The van der Waals surface area contributed by atoms with Gasteiger partial charge in [-0.2, -0.15) is 0 Å². The van der Waals surface area contributed by atoms with Crippen LogP contribution in [0.5, 0.6) is 0 Å². The van der Waals surface area contributed by atoms with Crippen molar-refractivity contribution in [3.8, 4) is 11.3 Å². The van der Waals surface area contributed by atoms with E-state index in [0.717, 1.165) is 11.1 Å². The summed E-state index contributed by atoms with van der Waals surface area (Å²) in [6.45, 7) is 0.815. The largest absolute Gasteiger partial charge is 0.391 e. The highest BCUT2D eigenvalue weighted by Gasteiger charge is 2.35. The third-order valence-electron chi connectivity index (χ3n) is 4.79. The Hall–Kier alpha value is -2.99. The minimum absolute atomic E-state index is 0.00128. The quantitative estimate of drug-likeness (QED) is 0.782. The van der Waals surface area contributed by atoms with Crippen molar-refractivity contribution in [1.82, 2.24) is 15.0 Å². The Bertz CT molecular complexity index is 880. The fraction of sp³-hybridized carbons (Fsp3) is 0.250. The number of benzene rings is 1. The highest BCUT2D eigenvalue weighted by molar-refractivity contribution is 5.99. The van der Waals surface area contributed by atoms with Crippen LogP contribution >= 0.6 is 0 Å². The van der Waals surface area contributed by atoms with Gasteiger partial charge in [0.25, 0.3) is 5.91 Å². The number of carbonyl (C=O) groups is 1. The molecule has 1 aromatic carbocycles. The fourth-order valence-electron chi connectivity index (χ4n) is 3.41. The van der Waals surface area contributed by atoms with Gasteiger partial charge >= 0.3 is 0 Å². The van der Waals surface area contributed by atoms with E-state index < -0.39 is 6.10 Å². The topological polar surface area (TPSA) is 79.5 Å². The molecule has 132 valence electrons. The second kappa shape index (κ2) is 7.09. The smallest absolute Gasteiger partial charge is 0.259 e. The number of likely N-dealkylation sites (tertiary alicyclic amines) is 1. The molecule has 1 N–H and O–H groups in total. The first-order valence-electron chi connectivity index (χ1n) is 8.58. The maximum atomic E-state index is 13.0. The van der Waals surface area contributed by atoms with Crippen LogP contribution in [0.4, 0.5) is 0 Å². The number of aliphatic hydroxyl groups excluding tert-OH is 1. The molecule has 1 saturated heterocycles. The zero-order chi connectivity index (χ0) is 17.9. The number of rotatable bonds is 4.